The monoisotopic (exact) mass is 868 g/mol. The average molecular weight is 870 g/mol. The van der Waals surface area contributed by atoms with Gasteiger partial charge in [0.05, 0.1) is 36.4 Å². The van der Waals surface area contributed by atoms with Gasteiger partial charge in [-0.05, 0) is 70.8 Å². The van der Waals surface area contributed by atoms with Crippen LogP contribution in [0.2, 0.25) is 5.02 Å². The van der Waals surface area contributed by atoms with Crippen molar-refractivity contribution in [1.29, 1.82) is 0 Å². The minimum atomic E-state index is -1.84. The van der Waals surface area contributed by atoms with Gasteiger partial charge in [0.1, 0.15) is 23.9 Å². The van der Waals surface area contributed by atoms with Gasteiger partial charge in [0.2, 0.25) is 11.8 Å². The molecule has 5 N–H and O–H groups in total. The molecule has 17 heteroatoms. The van der Waals surface area contributed by atoms with Crippen LogP contribution in [0, 0.1) is 11.8 Å². The van der Waals surface area contributed by atoms with Crippen LogP contribution in [0.15, 0.2) is 35.9 Å². The summed E-state index contributed by atoms with van der Waals surface area (Å²) in [6.07, 6.45) is 3.91. The van der Waals surface area contributed by atoms with Gasteiger partial charge in [0, 0.05) is 49.8 Å². The lowest BCUT2D eigenvalue weighted by Crippen LogP contribution is -2.62. The van der Waals surface area contributed by atoms with Crippen molar-refractivity contribution in [2.75, 3.05) is 44.9 Å². The lowest BCUT2D eigenvalue weighted by molar-refractivity contribution is -0.159. The van der Waals surface area contributed by atoms with Crippen LogP contribution in [-0.4, -0.2) is 125 Å². The highest BCUT2D eigenvalue weighted by Gasteiger charge is 2.64. The summed E-state index contributed by atoms with van der Waals surface area (Å²) in [6.45, 7) is 9.09. The molecular weight excluding hydrogens is 808 g/mol. The number of hydrogen-bond acceptors (Lipinski definition) is 13. The third-order valence-electron chi connectivity index (χ3n) is 11.4. The summed E-state index contributed by atoms with van der Waals surface area (Å²) >= 11 is 6.76. The summed E-state index contributed by atoms with van der Waals surface area (Å²) in [7, 11) is 8.53. The minimum Gasteiger partial charge on any atom is -0.457 e. The van der Waals surface area contributed by atoms with Gasteiger partial charge in [0.25, 0.3) is 0 Å². The van der Waals surface area contributed by atoms with Crippen molar-refractivity contribution in [1.82, 2.24) is 15.5 Å². The van der Waals surface area contributed by atoms with E-state index in [1.807, 2.05) is 31.9 Å². The maximum absolute atomic E-state index is 14.2. The highest BCUT2D eigenvalue weighted by Crippen LogP contribution is 2.49. The molecule has 4 rings (SSSR count). The summed E-state index contributed by atoms with van der Waals surface area (Å²) in [6, 6.07) is 2.89. The van der Waals surface area contributed by atoms with Crippen molar-refractivity contribution < 1.29 is 48.7 Å². The zero-order valence-corrected chi connectivity index (χ0v) is 37.2. The molecule has 3 amide bonds. The quantitative estimate of drug-likeness (QED) is 0.0747. The smallest absolute Gasteiger partial charge is 0.409 e. The van der Waals surface area contributed by atoms with E-state index in [1.54, 1.807) is 73.8 Å². The van der Waals surface area contributed by atoms with Gasteiger partial charge >= 0.3 is 12.1 Å². The number of nitrogens with one attached hydrogen (secondary N) is 2. The molecule has 3 aliphatic heterocycles. The Bertz CT molecular complexity index is 1700. The fourth-order valence-electron chi connectivity index (χ4n) is 7.35. The first kappa shape index (κ1) is 47.8. The van der Waals surface area contributed by atoms with Crippen molar-refractivity contribution in [3.63, 3.8) is 0 Å². The molecular formula is C41H61ClN4O10S2. The standard InChI is InChI=1S/C41H61ClN4O10S2/c1-24-11-9-12-30(23-48)41(53)21-32(54-39(52)44-41)26(3)37-40(5,56-37)33(20-35(50)46(8)31-19-28(17-24)18-29(22-47)36(31)42)55-38(51)27(4)45(7)15-10-16-57-58-25(2)13-14-34(49)43-6/h9,11-12,18-19,25-27,30,32-33,37,47-48,53H,10,13-17,20-23H2,1-8H3,(H,43,49)(H,44,52)/b12-9+,24-11+/t25?,26-,27+,30+,32+,33+,37+,40+,41+/m1/s1. The molecule has 324 valence electrons. The number of aliphatic hydroxyl groups is 3. The molecule has 2 saturated heterocycles. The summed E-state index contributed by atoms with van der Waals surface area (Å²) in [4.78, 5) is 55.8. The Balaban J connectivity index is 1.58. The van der Waals surface area contributed by atoms with E-state index in [4.69, 9.17) is 25.8 Å². The lowest BCUT2D eigenvalue weighted by atomic mass is 9.81. The number of amides is 3. The van der Waals surface area contributed by atoms with E-state index in [9.17, 15) is 34.5 Å². The summed E-state index contributed by atoms with van der Waals surface area (Å²) in [5.41, 5.74) is -0.533. The van der Waals surface area contributed by atoms with Crippen LogP contribution in [-0.2, 0) is 41.6 Å². The Labute approximate surface area is 355 Å². The Hall–Kier alpha value is -2.83. The van der Waals surface area contributed by atoms with Crippen molar-refractivity contribution in [3.05, 3.63) is 52.1 Å². The molecule has 1 aromatic rings. The van der Waals surface area contributed by atoms with Gasteiger partial charge in [-0.25, -0.2) is 4.79 Å². The number of fused-ring (bicyclic) bond motifs is 5. The maximum atomic E-state index is 14.2. The van der Waals surface area contributed by atoms with Gasteiger partial charge in [0.15, 0.2) is 5.72 Å². The van der Waals surface area contributed by atoms with Crippen molar-refractivity contribution in [3.8, 4) is 0 Å². The molecule has 0 spiro atoms. The number of anilines is 1. The SMILES string of the molecule is CNC(=O)CCC(C)SSCCCN(C)[C@@H](C)C(=O)O[C@H]1CC(=O)N(C)c2cc(cc(CO)c2Cl)C/C(C)=C/C=C/[C@@H](CO)[C@@]2(O)C[C@H](OC(=O)N2)[C@@H](C)[C@@H]2O[C@@]12C. The first-order chi connectivity index (χ1) is 27.4. The highest BCUT2D eigenvalue weighted by molar-refractivity contribution is 8.76. The Kier molecular flexibility index (Phi) is 17.4. The number of nitrogens with zero attached hydrogens (tertiary/aromatic N) is 2. The third kappa shape index (κ3) is 12.1. The lowest BCUT2D eigenvalue weighted by Gasteiger charge is -2.42. The van der Waals surface area contributed by atoms with E-state index < -0.39 is 72.1 Å². The normalized spacial score (nSPS) is 30.3. The van der Waals surface area contributed by atoms with E-state index in [-0.39, 0.29) is 30.4 Å². The predicted molar refractivity (Wildman–Crippen MR) is 227 cm³/mol. The Morgan fingerprint density at radius 1 is 1.24 bits per heavy atom. The second-order valence-electron chi connectivity index (χ2n) is 15.9. The number of epoxide rings is 1. The molecule has 1 unspecified atom stereocenters. The molecule has 3 heterocycles. The van der Waals surface area contributed by atoms with E-state index >= 15 is 0 Å². The van der Waals surface area contributed by atoms with Crippen molar-refractivity contribution in [2.24, 2.45) is 11.8 Å². The molecule has 0 radical (unpaired) electrons. The first-order valence-corrected chi connectivity index (χ1v) is 22.5. The number of alkyl carbamates (subject to hydrolysis) is 1. The summed E-state index contributed by atoms with van der Waals surface area (Å²) < 4.78 is 18.2. The van der Waals surface area contributed by atoms with Crippen LogP contribution < -0.4 is 15.5 Å². The Morgan fingerprint density at radius 3 is 2.64 bits per heavy atom. The van der Waals surface area contributed by atoms with Crippen LogP contribution >= 0.6 is 33.2 Å². The number of hydrogen-bond donors (Lipinski definition) is 5. The zero-order chi connectivity index (χ0) is 42.9. The molecule has 58 heavy (non-hydrogen) atoms. The number of halogens is 1. The fourth-order valence-corrected chi connectivity index (χ4v) is 10.1. The van der Waals surface area contributed by atoms with E-state index in [2.05, 4.69) is 17.6 Å². The van der Waals surface area contributed by atoms with Gasteiger partial charge < -0.3 is 39.7 Å². The number of benzene rings is 1. The largest absolute Gasteiger partial charge is 0.457 e. The minimum absolute atomic E-state index is 0.0290. The third-order valence-corrected chi connectivity index (χ3v) is 14.9. The van der Waals surface area contributed by atoms with Gasteiger partial charge in [-0.1, -0.05) is 76.9 Å². The molecule has 2 fully saturated rings. The van der Waals surface area contributed by atoms with Gasteiger partial charge in [-0.15, -0.1) is 0 Å². The first-order valence-electron chi connectivity index (χ1n) is 19.8. The van der Waals surface area contributed by atoms with E-state index in [1.165, 1.54) is 4.90 Å². The van der Waals surface area contributed by atoms with Crippen LogP contribution in [0.5, 0.6) is 0 Å². The Morgan fingerprint density at radius 2 is 1.97 bits per heavy atom. The summed E-state index contributed by atoms with van der Waals surface area (Å²) in [5, 5.41) is 38.0. The molecule has 9 atom stereocenters. The molecule has 3 aliphatic rings. The topological polar surface area (TPSA) is 190 Å². The highest BCUT2D eigenvalue weighted by atomic mass is 35.5. The molecule has 0 aromatic heterocycles. The predicted octanol–water partition coefficient (Wildman–Crippen LogP) is 4.75. The molecule has 14 nitrogen and oxygen atoms in total. The zero-order valence-electron chi connectivity index (χ0n) is 34.8. The molecule has 0 aliphatic carbocycles. The second-order valence-corrected chi connectivity index (χ2v) is 19.2. The molecule has 1 aromatic carbocycles. The van der Waals surface area contributed by atoms with Crippen LogP contribution in [0.1, 0.15) is 77.8 Å². The van der Waals surface area contributed by atoms with Crippen molar-refractivity contribution >= 4 is 62.8 Å². The second kappa shape index (κ2) is 21.1. The van der Waals surface area contributed by atoms with E-state index in [0.29, 0.717) is 35.9 Å². The number of rotatable bonds is 14. The fraction of sp³-hybridized carbons (Fsp3) is 0.659. The number of allylic oxidation sites excluding steroid dienone is 3. The van der Waals surface area contributed by atoms with Crippen LogP contribution in [0.4, 0.5) is 10.5 Å². The van der Waals surface area contributed by atoms with Crippen LogP contribution in [0.3, 0.4) is 0 Å². The number of carbonyl (C=O) groups is 4. The number of carbonyl (C=O) groups excluding carboxylic acids is 4. The molecule has 0 saturated carbocycles. The average Bonchev–Trinajstić information content (AvgIpc) is 3.88. The number of likely N-dealkylation sites (N-methyl/N-ethyl adjacent to an activating group) is 1. The van der Waals surface area contributed by atoms with Gasteiger partial charge in [-0.2, -0.15) is 0 Å². The van der Waals surface area contributed by atoms with Crippen LogP contribution in [0.25, 0.3) is 0 Å². The van der Waals surface area contributed by atoms with Gasteiger partial charge in [-0.3, -0.25) is 24.6 Å². The summed E-state index contributed by atoms with van der Waals surface area (Å²) in [5.74, 6) is -1.48. The number of ether oxygens (including phenoxy) is 3. The molecule has 4 bridgehead atoms. The van der Waals surface area contributed by atoms with E-state index in [0.717, 1.165) is 29.7 Å². The van der Waals surface area contributed by atoms with Crippen molar-refractivity contribution in [2.45, 2.75) is 121 Å². The number of aliphatic hydroxyl groups excluding tert-OH is 2. The maximum Gasteiger partial charge on any atom is 0.409 e. The number of esters is 1.